The number of nitrogens with zero attached hydrogens (tertiary/aromatic N) is 3. The molecule has 136 valence electrons. The molecule has 3 aliphatic heterocycles. The van der Waals surface area contributed by atoms with Crippen molar-refractivity contribution >= 4 is 11.6 Å². The second-order valence-electron chi connectivity index (χ2n) is 7.47. The van der Waals surface area contributed by atoms with Crippen LogP contribution in [-0.4, -0.2) is 45.8 Å². The first-order chi connectivity index (χ1) is 12.7. The molecule has 26 heavy (non-hydrogen) atoms. The highest BCUT2D eigenvalue weighted by Crippen LogP contribution is 2.37. The van der Waals surface area contributed by atoms with Crippen molar-refractivity contribution in [1.82, 2.24) is 25.5 Å². The molecule has 0 amide bonds. The Bertz CT molecular complexity index is 793. The summed E-state index contributed by atoms with van der Waals surface area (Å²) in [5.74, 6) is 1.62. The zero-order chi connectivity index (χ0) is 17.6. The molecular weight excluding hydrogens is 328 g/mol. The number of allylic oxidation sites excluding steroid dienone is 1. The van der Waals surface area contributed by atoms with Gasteiger partial charge in [-0.05, 0) is 44.9 Å². The predicted octanol–water partition coefficient (Wildman–Crippen LogP) is 1.76. The molecule has 0 aromatic carbocycles. The Hall–Kier alpha value is -2.54. The minimum absolute atomic E-state index is 0.331. The van der Waals surface area contributed by atoms with E-state index in [1.54, 1.807) is 0 Å². The second kappa shape index (κ2) is 6.02. The van der Waals surface area contributed by atoms with Crippen LogP contribution in [0.25, 0.3) is 5.70 Å². The molecule has 7 nitrogen and oxygen atoms in total. The molecule has 7 heteroatoms. The van der Waals surface area contributed by atoms with Gasteiger partial charge in [-0.15, -0.1) is 0 Å². The minimum Gasteiger partial charge on any atom is -0.491 e. The molecule has 1 aromatic heterocycles. The molecule has 0 radical (unpaired) electrons. The highest BCUT2D eigenvalue weighted by molar-refractivity contribution is 5.67. The van der Waals surface area contributed by atoms with E-state index >= 15 is 0 Å². The lowest BCUT2D eigenvalue weighted by Gasteiger charge is -2.36. The molecule has 0 bridgehead atoms. The van der Waals surface area contributed by atoms with E-state index in [0.29, 0.717) is 18.1 Å². The van der Waals surface area contributed by atoms with Crippen molar-refractivity contribution in [3.05, 3.63) is 48.3 Å². The molecule has 5 rings (SSSR count). The molecule has 1 unspecified atom stereocenters. The molecule has 4 aliphatic rings. The minimum atomic E-state index is -0.331. The van der Waals surface area contributed by atoms with Gasteiger partial charge in [0.1, 0.15) is 11.4 Å². The van der Waals surface area contributed by atoms with Crippen LogP contribution in [0.3, 0.4) is 0 Å². The summed E-state index contributed by atoms with van der Waals surface area (Å²) in [6.07, 6.45) is 13.9. The largest absolute Gasteiger partial charge is 0.491 e. The predicted molar refractivity (Wildman–Crippen MR) is 99.6 cm³/mol. The van der Waals surface area contributed by atoms with Crippen molar-refractivity contribution in [2.45, 2.75) is 44.0 Å². The van der Waals surface area contributed by atoms with Crippen molar-refractivity contribution in [2.75, 3.05) is 18.4 Å². The van der Waals surface area contributed by atoms with Crippen LogP contribution >= 0.6 is 0 Å². The maximum atomic E-state index is 5.95. The van der Waals surface area contributed by atoms with E-state index in [0.717, 1.165) is 49.5 Å². The number of ether oxygens (including phenoxy) is 1. The summed E-state index contributed by atoms with van der Waals surface area (Å²) in [4.78, 5) is 11.3. The maximum Gasteiger partial charge on any atom is 0.223 e. The van der Waals surface area contributed by atoms with Gasteiger partial charge in [0.2, 0.25) is 5.95 Å². The highest BCUT2D eigenvalue weighted by Gasteiger charge is 2.38. The Labute approximate surface area is 153 Å². The number of fused-ring (bicyclic) bond motifs is 1. The van der Waals surface area contributed by atoms with Crippen molar-refractivity contribution in [2.24, 2.45) is 0 Å². The van der Waals surface area contributed by atoms with Crippen LogP contribution in [0.5, 0.6) is 0 Å². The smallest absolute Gasteiger partial charge is 0.223 e. The van der Waals surface area contributed by atoms with Crippen LogP contribution in [0.2, 0.25) is 0 Å². The van der Waals surface area contributed by atoms with Crippen LogP contribution in [0.15, 0.2) is 42.6 Å². The first-order valence-corrected chi connectivity index (χ1v) is 9.35. The first-order valence-electron chi connectivity index (χ1n) is 9.35. The maximum absolute atomic E-state index is 5.95. The van der Waals surface area contributed by atoms with E-state index in [9.17, 15) is 0 Å². The van der Waals surface area contributed by atoms with Crippen molar-refractivity contribution in [1.29, 1.82) is 0 Å². The van der Waals surface area contributed by atoms with Crippen LogP contribution in [0.4, 0.5) is 5.95 Å². The lowest BCUT2D eigenvalue weighted by Crippen LogP contribution is -2.46. The summed E-state index contributed by atoms with van der Waals surface area (Å²) in [5, 5.41) is 10.2. The normalized spacial score (nSPS) is 29.7. The van der Waals surface area contributed by atoms with Crippen molar-refractivity contribution in [3.63, 3.8) is 0 Å². The van der Waals surface area contributed by atoms with Crippen LogP contribution in [-0.2, 0) is 4.74 Å². The quantitative estimate of drug-likeness (QED) is 0.746. The van der Waals surface area contributed by atoms with E-state index in [4.69, 9.17) is 9.72 Å². The molecule has 1 saturated heterocycles. The van der Waals surface area contributed by atoms with Crippen LogP contribution in [0, 0.1) is 0 Å². The van der Waals surface area contributed by atoms with E-state index < -0.39 is 0 Å². The Morgan fingerprint density at radius 2 is 2.27 bits per heavy atom. The monoisotopic (exact) mass is 352 g/mol. The number of rotatable bonds is 5. The van der Waals surface area contributed by atoms with Gasteiger partial charge in [-0.1, -0.05) is 0 Å². The highest BCUT2D eigenvalue weighted by atomic mass is 16.5. The summed E-state index contributed by atoms with van der Waals surface area (Å²) in [5.41, 5.74) is 1.59. The van der Waals surface area contributed by atoms with Gasteiger partial charge in [-0.2, -0.15) is 0 Å². The van der Waals surface area contributed by atoms with Gasteiger partial charge >= 0.3 is 0 Å². The molecule has 0 spiro atoms. The van der Waals surface area contributed by atoms with Crippen molar-refractivity contribution in [3.8, 4) is 0 Å². The summed E-state index contributed by atoms with van der Waals surface area (Å²) in [6.45, 7) is 4.14. The fourth-order valence-corrected chi connectivity index (χ4v) is 3.60. The van der Waals surface area contributed by atoms with Gasteiger partial charge in [0.15, 0.2) is 0 Å². The van der Waals surface area contributed by atoms with Gasteiger partial charge in [0.25, 0.3) is 0 Å². The van der Waals surface area contributed by atoms with Gasteiger partial charge in [0.05, 0.1) is 17.5 Å². The molecule has 3 N–H and O–H groups in total. The summed E-state index contributed by atoms with van der Waals surface area (Å²) in [7, 11) is 0. The first kappa shape index (κ1) is 15.7. The van der Waals surface area contributed by atoms with Gasteiger partial charge < -0.3 is 25.6 Å². The van der Waals surface area contributed by atoms with E-state index in [1.165, 1.54) is 0 Å². The number of anilines is 1. The topological polar surface area (TPSA) is 74.3 Å². The number of aromatic nitrogens is 2. The Morgan fingerprint density at radius 1 is 1.35 bits per heavy atom. The zero-order valence-corrected chi connectivity index (χ0v) is 14.9. The molecule has 2 fully saturated rings. The molecule has 1 saturated carbocycles. The Balaban J connectivity index is 1.35. The summed E-state index contributed by atoms with van der Waals surface area (Å²) >= 11 is 0. The van der Waals surface area contributed by atoms with Gasteiger partial charge in [-0.3, -0.25) is 0 Å². The standard InChI is InChI=1S/C19H24N6O/c1-19-10-15(26-14-2-3-14)6-9-25(19)17(12-22-19)16-5-8-21-18(24-16)23-13-4-7-20-11-13/h5-6,8-10,12-14,20,22H,2-4,7,11H2,1H3,(H,21,23,24)/t13-,19?/m1/s1. The number of nitrogens with one attached hydrogen (secondary N) is 3. The molecule has 1 aromatic rings. The second-order valence-corrected chi connectivity index (χ2v) is 7.47. The van der Waals surface area contributed by atoms with E-state index in [1.807, 2.05) is 24.5 Å². The molecule has 2 atom stereocenters. The summed E-state index contributed by atoms with van der Waals surface area (Å²) in [6, 6.07) is 2.34. The Morgan fingerprint density at radius 3 is 3.08 bits per heavy atom. The fourth-order valence-electron chi connectivity index (χ4n) is 3.60. The number of hydrogen-bond acceptors (Lipinski definition) is 7. The lowest BCUT2D eigenvalue weighted by atomic mass is 10.1. The van der Waals surface area contributed by atoms with E-state index in [2.05, 4.69) is 45.0 Å². The fraction of sp³-hybridized carbons (Fsp3) is 0.474. The Kier molecular flexibility index (Phi) is 3.63. The SMILES string of the molecule is CC12C=C(OC3CC3)C=CN1C(c1ccnc(N[C@@H]3CCNC3)n1)=CN2. The van der Waals surface area contributed by atoms with E-state index in [-0.39, 0.29) is 5.66 Å². The van der Waals surface area contributed by atoms with Crippen molar-refractivity contribution < 1.29 is 4.74 Å². The third-order valence-electron chi connectivity index (χ3n) is 5.21. The third-order valence-corrected chi connectivity index (χ3v) is 5.21. The van der Waals surface area contributed by atoms with Crippen LogP contribution < -0.4 is 16.0 Å². The van der Waals surface area contributed by atoms with Gasteiger partial charge in [-0.25, -0.2) is 9.97 Å². The number of hydrogen-bond donors (Lipinski definition) is 3. The molecule has 4 heterocycles. The zero-order valence-electron chi connectivity index (χ0n) is 14.9. The molecule has 1 aliphatic carbocycles. The average molecular weight is 352 g/mol. The van der Waals surface area contributed by atoms with Gasteiger partial charge in [0, 0.05) is 37.3 Å². The average Bonchev–Trinajstić information content (AvgIpc) is 3.16. The summed E-state index contributed by atoms with van der Waals surface area (Å²) < 4.78 is 5.95. The third kappa shape index (κ3) is 2.92. The lowest BCUT2D eigenvalue weighted by molar-refractivity contribution is 0.190. The van der Waals surface area contributed by atoms with Crippen LogP contribution in [0.1, 0.15) is 31.9 Å². The molecular formula is C19H24N6O.